The van der Waals surface area contributed by atoms with Crippen LogP contribution < -0.4 is 10.6 Å². The van der Waals surface area contributed by atoms with Gasteiger partial charge in [0.1, 0.15) is 5.82 Å². The lowest BCUT2D eigenvalue weighted by atomic mass is 10.1. The molecule has 0 bridgehead atoms. The summed E-state index contributed by atoms with van der Waals surface area (Å²) in [6.45, 7) is 4.12. The lowest BCUT2D eigenvalue weighted by Crippen LogP contribution is -2.26. The first-order valence-corrected chi connectivity index (χ1v) is 9.57. The van der Waals surface area contributed by atoms with Crippen molar-refractivity contribution < 1.29 is 18.7 Å². The van der Waals surface area contributed by atoms with Crippen molar-refractivity contribution >= 4 is 34.0 Å². The van der Waals surface area contributed by atoms with Crippen molar-refractivity contribution in [1.82, 2.24) is 4.98 Å². The van der Waals surface area contributed by atoms with Gasteiger partial charge in [0.05, 0.1) is 0 Å². The molecule has 0 saturated heterocycles. The van der Waals surface area contributed by atoms with Gasteiger partial charge in [0.2, 0.25) is 6.10 Å². The first-order valence-electron chi connectivity index (χ1n) is 8.69. The highest BCUT2D eigenvalue weighted by molar-refractivity contribution is 7.13. The van der Waals surface area contributed by atoms with Crippen molar-refractivity contribution in [3.05, 3.63) is 89.7 Å². The van der Waals surface area contributed by atoms with Crippen LogP contribution in [0.25, 0.3) is 0 Å². The Bertz CT molecular complexity index is 990. The molecule has 8 heteroatoms. The molecule has 0 saturated carbocycles. The van der Waals surface area contributed by atoms with Crippen LogP contribution in [0.3, 0.4) is 0 Å². The number of thiazole rings is 1. The third kappa shape index (κ3) is 5.49. The van der Waals surface area contributed by atoms with Crippen LogP contribution in [0, 0.1) is 5.82 Å². The Kier molecular flexibility index (Phi) is 6.70. The summed E-state index contributed by atoms with van der Waals surface area (Å²) < 4.78 is 18.6. The number of rotatable bonds is 8. The van der Waals surface area contributed by atoms with E-state index in [0.717, 1.165) is 0 Å². The van der Waals surface area contributed by atoms with E-state index in [1.165, 1.54) is 35.6 Å². The van der Waals surface area contributed by atoms with Crippen LogP contribution in [0.4, 0.5) is 15.2 Å². The van der Waals surface area contributed by atoms with Crippen LogP contribution >= 0.6 is 11.3 Å². The topological polar surface area (TPSA) is 80.3 Å². The second kappa shape index (κ2) is 9.61. The lowest BCUT2D eigenvalue weighted by molar-refractivity contribution is -0.125. The molecular formula is C21H18FN3O3S. The minimum Gasteiger partial charge on any atom is -0.443 e. The summed E-state index contributed by atoms with van der Waals surface area (Å²) in [5.74, 6) is -1.70. The van der Waals surface area contributed by atoms with E-state index >= 15 is 0 Å². The number of hydrogen-bond acceptors (Lipinski definition) is 6. The first kappa shape index (κ1) is 20.2. The number of anilines is 2. The first-order chi connectivity index (χ1) is 14.1. The molecule has 1 atom stereocenters. The maximum Gasteiger partial charge on any atom is 0.359 e. The molecule has 0 fully saturated rings. The predicted molar refractivity (Wildman–Crippen MR) is 110 cm³/mol. The number of benzene rings is 2. The number of nitrogens with zero attached hydrogens (tertiary/aromatic N) is 1. The standard InChI is InChI=1S/C21H18FN3O3S/c1-2-12-23-21-25-17(13-29-21)20(27)28-18(14-6-4-3-5-7-14)19(26)24-16-10-8-15(22)9-11-16/h2-11,13,18H,1,12H2,(H,23,25)(H,24,26). The fourth-order valence-electron chi connectivity index (χ4n) is 2.42. The molecule has 1 heterocycles. The zero-order valence-electron chi connectivity index (χ0n) is 15.3. The molecule has 0 aliphatic carbocycles. The zero-order valence-corrected chi connectivity index (χ0v) is 16.1. The van der Waals surface area contributed by atoms with E-state index in [2.05, 4.69) is 22.2 Å². The Balaban J connectivity index is 1.77. The molecule has 0 spiro atoms. The van der Waals surface area contributed by atoms with E-state index < -0.39 is 23.8 Å². The lowest BCUT2D eigenvalue weighted by Gasteiger charge is -2.17. The predicted octanol–water partition coefficient (Wildman–Crippen LogP) is 4.42. The average Bonchev–Trinajstić information content (AvgIpc) is 3.21. The van der Waals surface area contributed by atoms with Crippen LogP contribution in [-0.4, -0.2) is 23.4 Å². The van der Waals surface area contributed by atoms with Gasteiger partial charge in [-0.3, -0.25) is 4.79 Å². The number of carbonyl (C=O) groups is 2. The number of aromatic nitrogens is 1. The van der Waals surface area contributed by atoms with Gasteiger partial charge in [-0.25, -0.2) is 14.2 Å². The third-order valence-electron chi connectivity index (χ3n) is 3.79. The van der Waals surface area contributed by atoms with Crippen LogP contribution in [0.1, 0.15) is 22.2 Å². The van der Waals surface area contributed by atoms with Gasteiger partial charge in [0.15, 0.2) is 10.8 Å². The second-order valence-corrected chi connectivity index (χ2v) is 6.76. The number of amides is 1. The highest BCUT2D eigenvalue weighted by Crippen LogP contribution is 2.23. The van der Waals surface area contributed by atoms with Crippen LogP contribution in [0.2, 0.25) is 0 Å². The zero-order chi connectivity index (χ0) is 20.6. The molecule has 148 valence electrons. The summed E-state index contributed by atoms with van der Waals surface area (Å²) in [6, 6.07) is 13.9. The van der Waals surface area contributed by atoms with Crippen molar-refractivity contribution in [2.45, 2.75) is 6.10 Å². The van der Waals surface area contributed by atoms with Gasteiger partial charge in [-0.1, -0.05) is 36.4 Å². The SMILES string of the molecule is C=CCNc1nc(C(=O)OC(C(=O)Nc2ccc(F)cc2)c2ccccc2)cs1. The quantitative estimate of drug-likeness (QED) is 0.424. The summed E-state index contributed by atoms with van der Waals surface area (Å²) in [4.78, 5) is 29.5. The van der Waals surface area contributed by atoms with E-state index in [1.54, 1.807) is 41.8 Å². The number of esters is 1. The van der Waals surface area contributed by atoms with Crippen LogP contribution in [-0.2, 0) is 9.53 Å². The van der Waals surface area contributed by atoms with Gasteiger partial charge in [-0.2, -0.15) is 0 Å². The monoisotopic (exact) mass is 411 g/mol. The van der Waals surface area contributed by atoms with Crippen molar-refractivity contribution in [1.29, 1.82) is 0 Å². The highest BCUT2D eigenvalue weighted by Gasteiger charge is 2.27. The third-order valence-corrected chi connectivity index (χ3v) is 4.59. The van der Waals surface area contributed by atoms with Crippen molar-refractivity contribution in [3.8, 4) is 0 Å². The molecule has 2 aromatic carbocycles. The van der Waals surface area contributed by atoms with Gasteiger partial charge < -0.3 is 15.4 Å². The molecule has 1 aromatic heterocycles. The molecule has 1 amide bonds. The van der Waals surface area contributed by atoms with E-state index in [4.69, 9.17) is 4.74 Å². The fourth-order valence-corrected chi connectivity index (χ4v) is 3.11. The molecular weight excluding hydrogens is 393 g/mol. The molecule has 6 nitrogen and oxygen atoms in total. The van der Waals surface area contributed by atoms with E-state index in [1.807, 2.05) is 0 Å². The summed E-state index contributed by atoms with van der Waals surface area (Å²) in [5.41, 5.74) is 0.982. The molecule has 3 aromatic rings. The van der Waals surface area contributed by atoms with Gasteiger partial charge >= 0.3 is 5.97 Å². The van der Waals surface area contributed by atoms with E-state index in [-0.39, 0.29) is 5.69 Å². The Morgan fingerprint density at radius 2 is 1.90 bits per heavy atom. The second-order valence-electron chi connectivity index (χ2n) is 5.90. The largest absolute Gasteiger partial charge is 0.443 e. The maximum absolute atomic E-state index is 13.1. The summed E-state index contributed by atoms with van der Waals surface area (Å²) >= 11 is 1.25. The summed E-state index contributed by atoms with van der Waals surface area (Å²) in [7, 11) is 0. The molecule has 0 aliphatic heterocycles. The molecule has 29 heavy (non-hydrogen) atoms. The highest BCUT2D eigenvalue weighted by atomic mass is 32.1. The molecule has 0 aliphatic rings. The number of nitrogens with one attached hydrogen (secondary N) is 2. The van der Waals surface area contributed by atoms with Crippen LogP contribution in [0.5, 0.6) is 0 Å². The van der Waals surface area contributed by atoms with Crippen molar-refractivity contribution in [2.75, 3.05) is 17.2 Å². The number of carbonyl (C=O) groups excluding carboxylic acids is 2. The van der Waals surface area contributed by atoms with Gasteiger partial charge in [0, 0.05) is 23.2 Å². The normalized spacial score (nSPS) is 11.3. The Labute approximate surface area is 171 Å². The number of hydrogen-bond donors (Lipinski definition) is 2. The fraction of sp³-hybridized carbons (Fsp3) is 0.0952. The van der Waals surface area contributed by atoms with Gasteiger partial charge in [-0.05, 0) is 24.3 Å². The Morgan fingerprint density at radius 3 is 2.59 bits per heavy atom. The minimum atomic E-state index is -1.19. The maximum atomic E-state index is 13.1. The molecule has 1 unspecified atom stereocenters. The van der Waals surface area contributed by atoms with E-state index in [9.17, 15) is 14.0 Å². The molecule has 3 rings (SSSR count). The van der Waals surface area contributed by atoms with Crippen LogP contribution in [0.15, 0.2) is 72.6 Å². The van der Waals surface area contributed by atoms with E-state index in [0.29, 0.717) is 22.9 Å². The number of halogens is 1. The summed E-state index contributed by atoms with van der Waals surface area (Å²) in [6.07, 6.45) is 0.477. The molecule has 2 N–H and O–H groups in total. The van der Waals surface area contributed by atoms with Gasteiger partial charge in [-0.15, -0.1) is 17.9 Å². The van der Waals surface area contributed by atoms with Gasteiger partial charge in [0.25, 0.3) is 5.91 Å². The number of ether oxygens (including phenoxy) is 1. The van der Waals surface area contributed by atoms with Crippen molar-refractivity contribution in [2.24, 2.45) is 0 Å². The minimum absolute atomic E-state index is 0.0945. The van der Waals surface area contributed by atoms with Crippen molar-refractivity contribution in [3.63, 3.8) is 0 Å². The smallest absolute Gasteiger partial charge is 0.359 e. The average molecular weight is 411 g/mol. The molecule has 0 radical (unpaired) electrons. The Morgan fingerprint density at radius 1 is 1.17 bits per heavy atom. The summed E-state index contributed by atoms with van der Waals surface area (Å²) in [5, 5.41) is 7.71. The Hall–Kier alpha value is -3.52.